The summed E-state index contributed by atoms with van der Waals surface area (Å²) in [6, 6.07) is 1.93. The number of rotatable bonds is 4. The van der Waals surface area contributed by atoms with Gasteiger partial charge in [-0.05, 0) is 51.5 Å². The zero-order valence-corrected chi connectivity index (χ0v) is 14.6. The van der Waals surface area contributed by atoms with E-state index in [0.717, 1.165) is 68.4 Å². The number of aryl methyl sites for hydroxylation is 1. The van der Waals surface area contributed by atoms with Crippen molar-refractivity contribution in [2.75, 3.05) is 13.2 Å². The molecule has 0 aliphatic carbocycles. The van der Waals surface area contributed by atoms with Gasteiger partial charge in [0, 0.05) is 19.4 Å². The van der Waals surface area contributed by atoms with E-state index in [1.54, 1.807) is 4.68 Å². The van der Waals surface area contributed by atoms with Gasteiger partial charge < -0.3 is 9.47 Å². The number of aldehydes is 1. The molecule has 7 nitrogen and oxygen atoms in total. The minimum Gasteiger partial charge on any atom is -0.357 e. The van der Waals surface area contributed by atoms with Gasteiger partial charge in [0.2, 0.25) is 0 Å². The van der Waals surface area contributed by atoms with Crippen molar-refractivity contribution in [1.82, 2.24) is 19.6 Å². The van der Waals surface area contributed by atoms with Crippen molar-refractivity contribution < 1.29 is 14.3 Å². The molecular weight excluding hydrogens is 320 g/mol. The first-order chi connectivity index (χ1) is 12.3. The molecule has 0 aromatic carbocycles. The molecule has 0 amide bonds. The summed E-state index contributed by atoms with van der Waals surface area (Å²) in [7, 11) is 0. The second-order valence-corrected chi connectivity index (χ2v) is 6.73. The lowest BCUT2D eigenvalue weighted by molar-refractivity contribution is -0.0404. The van der Waals surface area contributed by atoms with Crippen molar-refractivity contribution >= 4 is 6.29 Å². The molecular formula is C18H24N4O3. The second kappa shape index (κ2) is 7.09. The fraction of sp³-hybridized carbons (Fsp3) is 0.611. The normalized spacial score (nSPS) is 24.4. The average Bonchev–Trinajstić information content (AvgIpc) is 3.27. The first kappa shape index (κ1) is 16.5. The lowest BCUT2D eigenvalue weighted by Crippen LogP contribution is -2.21. The lowest BCUT2D eigenvalue weighted by Gasteiger charge is -2.23. The Balaban J connectivity index is 1.66. The summed E-state index contributed by atoms with van der Waals surface area (Å²) >= 11 is 0. The van der Waals surface area contributed by atoms with E-state index in [9.17, 15) is 4.79 Å². The number of hydrogen-bond donors (Lipinski definition) is 0. The number of nitrogens with zero attached hydrogens (tertiary/aromatic N) is 4. The molecule has 0 N–H and O–H groups in total. The van der Waals surface area contributed by atoms with Crippen LogP contribution in [0.4, 0.5) is 0 Å². The summed E-state index contributed by atoms with van der Waals surface area (Å²) in [6.45, 7) is 3.40. The van der Waals surface area contributed by atoms with Crippen LogP contribution in [0.5, 0.6) is 0 Å². The van der Waals surface area contributed by atoms with Crippen LogP contribution in [0.15, 0.2) is 12.3 Å². The largest absolute Gasteiger partial charge is 0.357 e. The van der Waals surface area contributed by atoms with Gasteiger partial charge in [-0.2, -0.15) is 10.2 Å². The van der Waals surface area contributed by atoms with Gasteiger partial charge in [-0.3, -0.25) is 4.79 Å². The van der Waals surface area contributed by atoms with Crippen LogP contribution in [0, 0.1) is 6.92 Å². The fourth-order valence-electron chi connectivity index (χ4n) is 3.70. The topological polar surface area (TPSA) is 71.2 Å². The Morgan fingerprint density at radius 3 is 2.44 bits per heavy atom. The van der Waals surface area contributed by atoms with E-state index in [-0.39, 0.29) is 12.5 Å². The van der Waals surface area contributed by atoms with Crippen LogP contribution in [0.3, 0.4) is 0 Å². The summed E-state index contributed by atoms with van der Waals surface area (Å²) in [5, 5.41) is 9.25. The zero-order chi connectivity index (χ0) is 17.2. The third-order valence-corrected chi connectivity index (χ3v) is 4.98. The van der Waals surface area contributed by atoms with Crippen molar-refractivity contribution in [2.24, 2.45) is 0 Å². The summed E-state index contributed by atoms with van der Waals surface area (Å²) in [5.41, 5.74) is 2.89. The molecule has 0 spiro atoms. The molecule has 2 aliphatic heterocycles. The van der Waals surface area contributed by atoms with E-state index < -0.39 is 0 Å². The quantitative estimate of drug-likeness (QED) is 0.796. The molecule has 7 heteroatoms. The summed E-state index contributed by atoms with van der Waals surface area (Å²) in [6.07, 6.45) is 8.86. The predicted octanol–water partition coefficient (Wildman–Crippen LogP) is 3.27. The van der Waals surface area contributed by atoms with Crippen molar-refractivity contribution in [3.05, 3.63) is 23.7 Å². The van der Waals surface area contributed by atoms with Gasteiger partial charge in [-0.1, -0.05) is 0 Å². The van der Waals surface area contributed by atoms with E-state index in [4.69, 9.17) is 9.47 Å². The van der Waals surface area contributed by atoms with E-state index in [1.807, 2.05) is 23.9 Å². The third kappa shape index (κ3) is 3.14. The van der Waals surface area contributed by atoms with Gasteiger partial charge in [0.05, 0.1) is 17.0 Å². The number of aromatic nitrogens is 4. The van der Waals surface area contributed by atoms with Gasteiger partial charge >= 0.3 is 0 Å². The van der Waals surface area contributed by atoms with Crippen LogP contribution in [-0.2, 0) is 9.47 Å². The highest BCUT2D eigenvalue weighted by Crippen LogP contribution is 2.31. The van der Waals surface area contributed by atoms with Crippen LogP contribution in [0.25, 0.3) is 11.3 Å². The zero-order valence-electron chi connectivity index (χ0n) is 14.6. The lowest BCUT2D eigenvalue weighted by atomic mass is 10.1. The Bertz CT molecular complexity index is 740. The Morgan fingerprint density at radius 2 is 1.80 bits per heavy atom. The first-order valence-electron chi connectivity index (χ1n) is 9.11. The highest BCUT2D eigenvalue weighted by molar-refractivity contribution is 5.85. The van der Waals surface area contributed by atoms with Crippen molar-refractivity contribution in [1.29, 1.82) is 0 Å². The summed E-state index contributed by atoms with van der Waals surface area (Å²) in [4.78, 5) is 11.8. The van der Waals surface area contributed by atoms with Gasteiger partial charge in [0.25, 0.3) is 0 Å². The van der Waals surface area contributed by atoms with E-state index in [1.165, 1.54) is 0 Å². The van der Waals surface area contributed by atoms with Crippen LogP contribution < -0.4 is 0 Å². The monoisotopic (exact) mass is 344 g/mol. The molecule has 4 rings (SSSR count). The molecule has 2 fully saturated rings. The predicted molar refractivity (Wildman–Crippen MR) is 91.3 cm³/mol. The average molecular weight is 344 g/mol. The maximum absolute atomic E-state index is 11.8. The van der Waals surface area contributed by atoms with Gasteiger partial charge in [0.15, 0.2) is 12.5 Å². The molecule has 0 radical (unpaired) electrons. The fourth-order valence-corrected chi connectivity index (χ4v) is 3.70. The number of ether oxygens (including phenoxy) is 2. The van der Waals surface area contributed by atoms with Gasteiger partial charge in [-0.25, -0.2) is 9.36 Å². The SMILES string of the molecule is Cc1nn(C2CCCCO2)c(C=O)c1-c1ccn(C2CCCCO2)n1. The minimum atomic E-state index is -0.162. The molecule has 2 saturated heterocycles. The van der Waals surface area contributed by atoms with Crippen molar-refractivity contribution in [2.45, 2.75) is 57.9 Å². The van der Waals surface area contributed by atoms with Crippen LogP contribution in [0.1, 0.15) is 67.2 Å². The standard InChI is InChI=1S/C18H24N4O3/c1-13-18(14-8-9-21(20-14)16-6-2-4-10-24-16)15(12-23)22(19-13)17-7-3-5-11-25-17/h8-9,12,16-17H,2-7,10-11H2,1H3. The number of hydrogen-bond acceptors (Lipinski definition) is 5. The van der Waals surface area contributed by atoms with Crippen LogP contribution >= 0.6 is 0 Å². The summed E-state index contributed by atoms with van der Waals surface area (Å²) < 4.78 is 15.2. The molecule has 0 saturated carbocycles. The molecule has 2 unspecified atom stereocenters. The highest BCUT2D eigenvalue weighted by atomic mass is 16.5. The molecule has 2 aromatic heterocycles. The smallest absolute Gasteiger partial charge is 0.168 e. The molecule has 2 aliphatic rings. The highest BCUT2D eigenvalue weighted by Gasteiger charge is 2.26. The Kier molecular flexibility index (Phi) is 4.67. The maximum atomic E-state index is 11.8. The third-order valence-electron chi connectivity index (χ3n) is 4.98. The number of carbonyl (C=O) groups excluding carboxylic acids is 1. The van der Waals surface area contributed by atoms with Crippen LogP contribution in [-0.4, -0.2) is 39.1 Å². The van der Waals surface area contributed by atoms with Crippen LogP contribution in [0.2, 0.25) is 0 Å². The molecule has 0 bridgehead atoms. The van der Waals surface area contributed by atoms with Crippen molar-refractivity contribution in [3.8, 4) is 11.3 Å². The Labute approximate surface area is 146 Å². The number of carbonyl (C=O) groups is 1. The van der Waals surface area contributed by atoms with Crippen molar-refractivity contribution in [3.63, 3.8) is 0 Å². The minimum absolute atomic E-state index is 0.0146. The van der Waals surface area contributed by atoms with Gasteiger partial charge in [-0.15, -0.1) is 0 Å². The summed E-state index contributed by atoms with van der Waals surface area (Å²) in [5.74, 6) is 0. The molecule has 4 heterocycles. The molecule has 134 valence electrons. The second-order valence-electron chi connectivity index (χ2n) is 6.73. The molecule has 2 atom stereocenters. The Morgan fingerprint density at radius 1 is 1.08 bits per heavy atom. The molecule has 2 aromatic rings. The maximum Gasteiger partial charge on any atom is 0.168 e. The van der Waals surface area contributed by atoms with E-state index >= 15 is 0 Å². The van der Waals surface area contributed by atoms with E-state index in [2.05, 4.69) is 10.2 Å². The Hall–Kier alpha value is -1.99. The first-order valence-corrected chi connectivity index (χ1v) is 9.11. The van der Waals surface area contributed by atoms with Gasteiger partial charge in [0.1, 0.15) is 11.9 Å². The van der Waals surface area contributed by atoms with E-state index in [0.29, 0.717) is 12.3 Å². The molecule has 25 heavy (non-hydrogen) atoms.